The van der Waals surface area contributed by atoms with Crippen molar-refractivity contribution in [2.45, 2.75) is 23.4 Å². The van der Waals surface area contributed by atoms with Crippen LogP contribution in [0.4, 0.5) is 0 Å². The molecule has 3 aliphatic rings. The lowest BCUT2D eigenvalue weighted by Crippen LogP contribution is -2.55. The number of ether oxygens (including phenoxy) is 3. The van der Waals surface area contributed by atoms with Crippen LogP contribution in [0, 0.1) is 0 Å². The lowest BCUT2D eigenvalue weighted by atomic mass is 9.68. The van der Waals surface area contributed by atoms with Gasteiger partial charge in [0.25, 0.3) is 0 Å². The van der Waals surface area contributed by atoms with E-state index in [1.54, 1.807) is 0 Å². The lowest BCUT2D eigenvalue weighted by Gasteiger charge is -2.43. The van der Waals surface area contributed by atoms with E-state index in [1.165, 1.54) is 0 Å². The van der Waals surface area contributed by atoms with Gasteiger partial charge >= 0.3 is 0 Å². The molecule has 4 aromatic rings. The SMILES string of the molecule is c1ccc(C23OC(c4ccccc4)(c4ccccc42)C2Oc4ccccc4OC23)cc1. The third-order valence-corrected chi connectivity index (χ3v) is 6.89. The number of benzene rings is 4. The molecule has 0 radical (unpaired) electrons. The van der Waals surface area contributed by atoms with Crippen LogP contribution < -0.4 is 9.47 Å². The van der Waals surface area contributed by atoms with E-state index in [9.17, 15) is 0 Å². The molecule has 2 bridgehead atoms. The average molecular weight is 404 g/mol. The second-order valence-electron chi connectivity index (χ2n) is 8.37. The smallest absolute Gasteiger partial charge is 0.176 e. The molecule has 7 rings (SSSR count). The Hall–Kier alpha value is -3.56. The van der Waals surface area contributed by atoms with Crippen molar-refractivity contribution in [1.29, 1.82) is 0 Å². The molecule has 1 saturated heterocycles. The first-order valence-electron chi connectivity index (χ1n) is 10.7. The molecule has 4 unspecified atom stereocenters. The summed E-state index contributed by atoms with van der Waals surface area (Å²) >= 11 is 0. The lowest BCUT2D eigenvalue weighted by molar-refractivity contribution is -0.0668. The van der Waals surface area contributed by atoms with Crippen LogP contribution in [0.1, 0.15) is 22.3 Å². The molecule has 3 heteroatoms. The van der Waals surface area contributed by atoms with Crippen molar-refractivity contribution in [3.8, 4) is 11.5 Å². The zero-order valence-electron chi connectivity index (χ0n) is 16.8. The zero-order valence-corrected chi connectivity index (χ0v) is 16.8. The Kier molecular flexibility index (Phi) is 3.32. The van der Waals surface area contributed by atoms with Gasteiger partial charge in [-0.1, -0.05) is 97.1 Å². The fourth-order valence-electron chi connectivity index (χ4n) is 5.68. The van der Waals surface area contributed by atoms with Crippen molar-refractivity contribution < 1.29 is 14.2 Å². The summed E-state index contributed by atoms with van der Waals surface area (Å²) < 4.78 is 20.6. The van der Waals surface area contributed by atoms with Crippen LogP contribution in [0.5, 0.6) is 11.5 Å². The Labute approximate surface area is 180 Å². The molecule has 3 nitrogen and oxygen atoms in total. The normalized spacial score (nSPS) is 29.3. The number of fused-ring (bicyclic) bond motifs is 9. The van der Waals surface area contributed by atoms with E-state index in [4.69, 9.17) is 14.2 Å². The first kappa shape index (κ1) is 17.2. The number of hydrogen-bond donors (Lipinski definition) is 0. The van der Waals surface area contributed by atoms with Gasteiger partial charge in [0.15, 0.2) is 34.9 Å². The summed E-state index contributed by atoms with van der Waals surface area (Å²) in [5, 5.41) is 0. The van der Waals surface area contributed by atoms with E-state index < -0.39 is 11.2 Å². The second-order valence-corrected chi connectivity index (χ2v) is 8.37. The molecule has 4 aromatic carbocycles. The van der Waals surface area contributed by atoms with E-state index in [0.717, 1.165) is 33.8 Å². The Balaban J connectivity index is 1.57. The van der Waals surface area contributed by atoms with Gasteiger partial charge in [0, 0.05) is 0 Å². The standard InChI is InChI=1S/C28H20O3/c1-3-11-19(12-4-1)27-21-15-7-8-16-22(21)28(31-27,20-13-5-2-6-14-20)26-25(27)29-23-17-9-10-18-24(23)30-26/h1-18,25-26H. The number of rotatable bonds is 2. The van der Waals surface area contributed by atoms with Crippen LogP contribution in [0.3, 0.4) is 0 Å². The van der Waals surface area contributed by atoms with Gasteiger partial charge in [0.05, 0.1) is 0 Å². The molecule has 1 fully saturated rings. The third kappa shape index (κ3) is 2.02. The molecule has 3 heterocycles. The predicted octanol–water partition coefficient (Wildman–Crippen LogP) is 5.43. The summed E-state index contributed by atoms with van der Waals surface area (Å²) in [6.07, 6.45) is -0.639. The highest BCUT2D eigenvalue weighted by molar-refractivity contribution is 5.60. The van der Waals surface area contributed by atoms with E-state index in [-0.39, 0.29) is 12.2 Å². The Morgan fingerprint density at radius 1 is 0.452 bits per heavy atom. The maximum Gasteiger partial charge on any atom is 0.176 e. The fraction of sp³-hybridized carbons (Fsp3) is 0.143. The Morgan fingerprint density at radius 3 is 1.29 bits per heavy atom. The highest BCUT2D eigenvalue weighted by atomic mass is 16.7. The van der Waals surface area contributed by atoms with Crippen LogP contribution >= 0.6 is 0 Å². The summed E-state index contributed by atoms with van der Waals surface area (Å²) in [6, 6.07) is 37.2. The molecule has 0 amide bonds. The van der Waals surface area contributed by atoms with Gasteiger partial charge < -0.3 is 14.2 Å². The van der Waals surface area contributed by atoms with Crippen molar-refractivity contribution >= 4 is 0 Å². The van der Waals surface area contributed by atoms with Crippen LogP contribution in [-0.4, -0.2) is 12.2 Å². The maximum atomic E-state index is 7.22. The quantitative estimate of drug-likeness (QED) is 0.446. The van der Waals surface area contributed by atoms with Gasteiger partial charge in [-0.2, -0.15) is 0 Å². The summed E-state index contributed by atoms with van der Waals surface area (Å²) in [4.78, 5) is 0. The van der Waals surface area contributed by atoms with Gasteiger partial charge in [0.2, 0.25) is 0 Å². The largest absolute Gasteiger partial charge is 0.479 e. The van der Waals surface area contributed by atoms with Crippen molar-refractivity contribution in [1.82, 2.24) is 0 Å². The Morgan fingerprint density at radius 2 is 0.839 bits per heavy atom. The molecular formula is C28H20O3. The highest BCUT2D eigenvalue weighted by Gasteiger charge is 2.74. The van der Waals surface area contributed by atoms with Gasteiger partial charge in [0.1, 0.15) is 0 Å². The van der Waals surface area contributed by atoms with E-state index in [0.29, 0.717) is 0 Å². The van der Waals surface area contributed by atoms with Crippen LogP contribution in [-0.2, 0) is 15.9 Å². The molecule has 0 N–H and O–H groups in total. The molecule has 0 aromatic heterocycles. The highest BCUT2D eigenvalue weighted by Crippen LogP contribution is 2.66. The van der Waals surface area contributed by atoms with Gasteiger partial charge in [-0.3, -0.25) is 0 Å². The summed E-state index contributed by atoms with van der Waals surface area (Å²) in [5.41, 5.74) is 2.94. The van der Waals surface area contributed by atoms with Gasteiger partial charge in [-0.05, 0) is 34.4 Å². The first-order chi connectivity index (χ1) is 15.3. The van der Waals surface area contributed by atoms with Crippen molar-refractivity contribution in [2.75, 3.05) is 0 Å². The monoisotopic (exact) mass is 404 g/mol. The van der Waals surface area contributed by atoms with Crippen molar-refractivity contribution in [3.63, 3.8) is 0 Å². The average Bonchev–Trinajstić information content (AvgIpc) is 3.33. The predicted molar refractivity (Wildman–Crippen MR) is 117 cm³/mol. The molecule has 31 heavy (non-hydrogen) atoms. The van der Waals surface area contributed by atoms with Crippen LogP contribution in [0.2, 0.25) is 0 Å². The van der Waals surface area contributed by atoms with Crippen molar-refractivity contribution in [2.24, 2.45) is 0 Å². The molecule has 0 saturated carbocycles. The van der Waals surface area contributed by atoms with Gasteiger partial charge in [-0.15, -0.1) is 0 Å². The summed E-state index contributed by atoms with van der Waals surface area (Å²) in [7, 11) is 0. The zero-order chi connectivity index (χ0) is 20.5. The van der Waals surface area contributed by atoms with Gasteiger partial charge in [-0.25, -0.2) is 0 Å². The molecule has 0 aliphatic carbocycles. The minimum Gasteiger partial charge on any atom is -0.479 e. The molecule has 0 spiro atoms. The Bertz CT molecular complexity index is 1190. The fourth-order valence-corrected chi connectivity index (χ4v) is 5.68. The first-order valence-corrected chi connectivity index (χ1v) is 10.7. The van der Waals surface area contributed by atoms with E-state index in [1.807, 2.05) is 36.4 Å². The molecular weight excluding hydrogens is 384 g/mol. The molecule has 3 aliphatic heterocycles. The van der Waals surface area contributed by atoms with Crippen molar-refractivity contribution in [3.05, 3.63) is 131 Å². The minimum atomic E-state index is -0.758. The summed E-state index contributed by atoms with van der Waals surface area (Å²) in [6.45, 7) is 0. The topological polar surface area (TPSA) is 27.7 Å². The maximum absolute atomic E-state index is 7.22. The number of para-hydroxylation sites is 2. The van der Waals surface area contributed by atoms with Crippen LogP contribution in [0.15, 0.2) is 109 Å². The second kappa shape index (κ2) is 5.99. The minimum absolute atomic E-state index is 0.320. The van der Waals surface area contributed by atoms with Crippen LogP contribution in [0.25, 0.3) is 0 Å². The molecule has 4 atom stereocenters. The van der Waals surface area contributed by atoms with E-state index >= 15 is 0 Å². The summed E-state index contributed by atoms with van der Waals surface area (Å²) in [5.74, 6) is 1.52. The van der Waals surface area contributed by atoms with E-state index in [2.05, 4.69) is 72.8 Å². The third-order valence-electron chi connectivity index (χ3n) is 6.89. The number of hydrogen-bond acceptors (Lipinski definition) is 3. The molecule has 150 valence electrons.